The molecule has 0 bridgehead atoms. The fourth-order valence-corrected chi connectivity index (χ4v) is 3.42. The summed E-state index contributed by atoms with van der Waals surface area (Å²) in [5.74, 6) is 1.39. The average Bonchev–Trinajstić information content (AvgIpc) is 3.19. The topological polar surface area (TPSA) is 57.4 Å². The van der Waals surface area contributed by atoms with Gasteiger partial charge in [0.25, 0.3) is 0 Å². The molecule has 3 aromatic rings. The maximum absolute atomic E-state index is 13.5. The summed E-state index contributed by atoms with van der Waals surface area (Å²) in [5.41, 5.74) is 1.26. The third-order valence-electron chi connectivity index (χ3n) is 4.91. The number of halogens is 1. The summed E-state index contributed by atoms with van der Waals surface area (Å²) in [5, 5.41) is 4.09. The molecule has 1 aromatic heterocycles. The highest BCUT2D eigenvalue weighted by molar-refractivity contribution is 5.54. The molecule has 0 amide bonds. The van der Waals surface area contributed by atoms with Crippen molar-refractivity contribution in [3.05, 3.63) is 65.8 Å². The number of hydrogen-bond acceptors (Lipinski definition) is 5. The van der Waals surface area contributed by atoms with Gasteiger partial charge in [-0.25, -0.2) is 4.39 Å². The minimum atomic E-state index is -0.414. The lowest BCUT2D eigenvalue weighted by atomic mass is 9.74. The molecule has 26 heavy (non-hydrogen) atoms. The first-order valence-electron chi connectivity index (χ1n) is 8.54. The second-order valence-electron chi connectivity index (χ2n) is 6.36. The monoisotopic (exact) mass is 354 g/mol. The SMILES string of the molecule is COc1ccc(C2(c3nc(-c4cccc(F)c4)no3)CCOCC2)cc1. The lowest BCUT2D eigenvalue weighted by molar-refractivity contribution is 0.0523. The van der Waals surface area contributed by atoms with Gasteiger partial charge in [0.05, 0.1) is 12.5 Å². The van der Waals surface area contributed by atoms with Crippen LogP contribution in [0.25, 0.3) is 11.4 Å². The Labute approximate surface area is 150 Å². The fourth-order valence-electron chi connectivity index (χ4n) is 3.42. The Morgan fingerprint density at radius 2 is 1.85 bits per heavy atom. The van der Waals surface area contributed by atoms with E-state index >= 15 is 0 Å². The Balaban J connectivity index is 1.75. The molecule has 1 aliphatic rings. The van der Waals surface area contributed by atoms with Gasteiger partial charge >= 0.3 is 0 Å². The van der Waals surface area contributed by atoms with E-state index in [2.05, 4.69) is 10.1 Å². The summed E-state index contributed by atoms with van der Waals surface area (Å²) < 4.78 is 30.0. The zero-order valence-electron chi connectivity index (χ0n) is 14.4. The predicted octanol–water partition coefficient (Wildman–Crippen LogP) is 3.98. The first-order valence-corrected chi connectivity index (χ1v) is 8.54. The zero-order valence-corrected chi connectivity index (χ0v) is 14.4. The highest BCUT2D eigenvalue weighted by Crippen LogP contribution is 2.41. The number of hydrogen-bond donors (Lipinski definition) is 0. The van der Waals surface area contributed by atoms with Crippen molar-refractivity contribution in [3.8, 4) is 17.1 Å². The molecule has 4 rings (SSSR count). The van der Waals surface area contributed by atoms with Crippen molar-refractivity contribution < 1.29 is 18.4 Å². The number of benzene rings is 2. The van der Waals surface area contributed by atoms with Crippen LogP contribution in [-0.2, 0) is 10.2 Å². The Hall–Kier alpha value is -2.73. The van der Waals surface area contributed by atoms with Crippen molar-refractivity contribution in [3.63, 3.8) is 0 Å². The van der Waals surface area contributed by atoms with Crippen molar-refractivity contribution >= 4 is 0 Å². The van der Waals surface area contributed by atoms with Gasteiger partial charge in [0.2, 0.25) is 11.7 Å². The predicted molar refractivity (Wildman–Crippen MR) is 93.5 cm³/mol. The van der Waals surface area contributed by atoms with E-state index in [9.17, 15) is 4.39 Å². The van der Waals surface area contributed by atoms with Crippen molar-refractivity contribution in [2.45, 2.75) is 18.3 Å². The Kier molecular flexibility index (Phi) is 4.42. The number of rotatable bonds is 4. The molecule has 2 aromatic carbocycles. The van der Waals surface area contributed by atoms with Gasteiger partial charge in [-0.2, -0.15) is 4.98 Å². The first-order chi connectivity index (χ1) is 12.7. The minimum Gasteiger partial charge on any atom is -0.497 e. The Morgan fingerprint density at radius 1 is 1.08 bits per heavy atom. The normalized spacial score (nSPS) is 16.4. The summed E-state index contributed by atoms with van der Waals surface area (Å²) in [6.45, 7) is 1.23. The number of nitrogens with zero attached hydrogens (tertiary/aromatic N) is 2. The van der Waals surface area contributed by atoms with Crippen LogP contribution in [0.5, 0.6) is 5.75 Å². The molecule has 1 fully saturated rings. The van der Waals surface area contributed by atoms with Gasteiger partial charge in [0.15, 0.2) is 0 Å². The maximum Gasteiger partial charge on any atom is 0.237 e. The molecular weight excluding hydrogens is 335 g/mol. The van der Waals surface area contributed by atoms with Crippen LogP contribution < -0.4 is 4.74 Å². The Morgan fingerprint density at radius 3 is 2.54 bits per heavy atom. The van der Waals surface area contributed by atoms with Gasteiger partial charge in [-0.1, -0.05) is 29.4 Å². The third kappa shape index (κ3) is 2.97. The molecule has 1 saturated heterocycles. The summed E-state index contributed by atoms with van der Waals surface area (Å²) >= 11 is 0. The highest BCUT2D eigenvalue weighted by atomic mass is 19.1. The number of aromatic nitrogens is 2. The van der Waals surface area contributed by atoms with E-state index in [1.54, 1.807) is 19.2 Å². The van der Waals surface area contributed by atoms with Crippen LogP contribution in [-0.4, -0.2) is 30.5 Å². The maximum atomic E-state index is 13.5. The molecule has 0 saturated carbocycles. The van der Waals surface area contributed by atoms with Crippen LogP contribution in [0.2, 0.25) is 0 Å². The molecule has 0 unspecified atom stereocenters. The van der Waals surface area contributed by atoms with Crippen LogP contribution in [0, 0.1) is 5.82 Å². The van der Waals surface area contributed by atoms with Crippen LogP contribution in [0.4, 0.5) is 4.39 Å². The van der Waals surface area contributed by atoms with E-state index in [1.165, 1.54) is 12.1 Å². The third-order valence-corrected chi connectivity index (χ3v) is 4.91. The first kappa shape index (κ1) is 16.7. The summed E-state index contributed by atoms with van der Waals surface area (Å²) in [6, 6.07) is 14.1. The standard InChI is InChI=1S/C20H19FN2O3/c1-24-17-7-5-15(6-8-17)20(9-11-25-12-10-20)19-22-18(23-26-19)14-3-2-4-16(21)13-14/h2-8,13H,9-12H2,1H3. The molecule has 0 spiro atoms. The van der Waals surface area contributed by atoms with Crippen LogP contribution in [0.15, 0.2) is 53.1 Å². The largest absolute Gasteiger partial charge is 0.497 e. The molecule has 0 radical (unpaired) electrons. The summed E-state index contributed by atoms with van der Waals surface area (Å²) in [6.07, 6.45) is 1.48. The molecular formula is C20H19FN2O3. The molecule has 6 heteroatoms. The van der Waals surface area contributed by atoms with E-state index < -0.39 is 5.41 Å². The molecule has 2 heterocycles. The minimum absolute atomic E-state index is 0.329. The molecule has 5 nitrogen and oxygen atoms in total. The van der Waals surface area contributed by atoms with Gasteiger partial charge in [-0.15, -0.1) is 0 Å². The lowest BCUT2D eigenvalue weighted by Crippen LogP contribution is -2.35. The van der Waals surface area contributed by atoms with Crippen molar-refractivity contribution in [2.75, 3.05) is 20.3 Å². The molecule has 134 valence electrons. The molecule has 0 atom stereocenters. The van der Waals surface area contributed by atoms with Crippen LogP contribution in [0.1, 0.15) is 24.3 Å². The van der Waals surface area contributed by atoms with Gasteiger partial charge in [-0.05, 0) is 42.7 Å². The zero-order chi connectivity index (χ0) is 18.0. The fraction of sp³-hybridized carbons (Fsp3) is 0.300. The second kappa shape index (κ2) is 6.88. The van der Waals surface area contributed by atoms with E-state index in [1.807, 2.05) is 24.3 Å². The number of ether oxygens (including phenoxy) is 2. The van der Waals surface area contributed by atoms with Gasteiger partial charge in [-0.3, -0.25) is 0 Å². The van der Waals surface area contributed by atoms with Crippen molar-refractivity contribution in [1.29, 1.82) is 0 Å². The van der Waals surface area contributed by atoms with Crippen molar-refractivity contribution in [1.82, 2.24) is 10.1 Å². The second-order valence-corrected chi connectivity index (χ2v) is 6.36. The van der Waals surface area contributed by atoms with E-state index in [-0.39, 0.29) is 5.82 Å². The van der Waals surface area contributed by atoms with Gasteiger partial charge < -0.3 is 14.0 Å². The molecule has 0 N–H and O–H groups in total. The quantitative estimate of drug-likeness (QED) is 0.709. The molecule has 1 aliphatic heterocycles. The average molecular weight is 354 g/mol. The van der Waals surface area contributed by atoms with Crippen LogP contribution >= 0.6 is 0 Å². The van der Waals surface area contributed by atoms with E-state index in [4.69, 9.17) is 14.0 Å². The molecule has 0 aliphatic carbocycles. The smallest absolute Gasteiger partial charge is 0.237 e. The summed E-state index contributed by atoms with van der Waals surface area (Å²) in [4.78, 5) is 4.61. The number of methoxy groups -OCH3 is 1. The lowest BCUT2D eigenvalue weighted by Gasteiger charge is -2.34. The summed E-state index contributed by atoms with van der Waals surface area (Å²) in [7, 11) is 1.64. The van der Waals surface area contributed by atoms with Gasteiger partial charge in [0.1, 0.15) is 11.6 Å². The highest BCUT2D eigenvalue weighted by Gasteiger charge is 2.41. The van der Waals surface area contributed by atoms with Crippen LogP contribution in [0.3, 0.4) is 0 Å². The van der Waals surface area contributed by atoms with Crippen molar-refractivity contribution in [2.24, 2.45) is 0 Å². The Bertz CT molecular complexity index is 886. The van der Waals surface area contributed by atoms with E-state index in [0.29, 0.717) is 30.5 Å². The van der Waals surface area contributed by atoms with E-state index in [0.717, 1.165) is 24.2 Å². The van der Waals surface area contributed by atoms with Gasteiger partial charge in [0, 0.05) is 18.8 Å².